The van der Waals surface area contributed by atoms with Gasteiger partial charge in [0.15, 0.2) is 12.5 Å². The van der Waals surface area contributed by atoms with E-state index in [-0.39, 0.29) is 17.8 Å². The van der Waals surface area contributed by atoms with Crippen molar-refractivity contribution >= 4 is 23.3 Å². The fourth-order valence-corrected chi connectivity index (χ4v) is 4.91. The first kappa shape index (κ1) is 27.6. The molecule has 0 bridgehead atoms. The summed E-state index contributed by atoms with van der Waals surface area (Å²) in [6.07, 6.45) is -0.525. The molecule has 13 heteroatoms. The molecule has 1 saturated heterocycles. The van der Waals surface area contributed by atoms with Crippen molar-refractivity contribution < 1.29 is 32.4 Å². The third-order valence-electron chi connectivity index (χ3n) is 6.96. The molecule has 1 saturated carbocycles. The van der Waals surface area contributed by atoms with Crippen LogP contribution in [0, 0.1) is 10.1 Å². The first-order valence-corrected chi connectivity index (χ1v) is 12.4. The molecule has 206 valence electrons. The average molecular weight is 538 g/mol. The lowest BCUT2D eigenvalue weighted by molar-refractivity contribution is -0.388. The number of hydrogen-bond donors (Lipinski definition) is 1. The summed E-state index contributed by atoms with van der Waals surface area (Å²) in [5.41, 5.74) is -1.08. The summed E-state index contributed by atoms with van der Waals surface area (Å²) in [4.78, 5) is 30.2. The van der Waals surface area contributed by atoms with Gasteiger partial charge in [-0.25, -0.2) is 4.98 Å². The van der Waals surface area contributed by atoms with Crippen LogP contribution >= 0.6 is 0 Å². The van der Waals surface area contributed by atoms with Crippen molar-refractivity contribution in [3.63, 3.8) is 0 Å². The number of pyridine rings is 1. The Bertz CT molecular complexity index is 1100. The Labute approximate surface area is 217 Å². The summed E-state index contributed by atoms with van der Waals surface area (Å²) < 4.78 is 51.0. The minimum Gasteiger partial charge on any atom is -0.481 e. The summed E-state index contributed by atoms with van der Waals surface area (Å²) in [5, 5.41) is 14.0. The van der Waals surface area contributed by atoms with Crippen LogP contribution in [-0.4, -0.2) is 72.8 Å². The monoisotopic (exact) mass is 537 g/mol. The minimum absolute atomic E-state index is 0.103. The van der Waals surface area contributed by atoms with Crippen LogP contribution in [0.1, 0.15) is 31.2 Å². The molecule has 1 aromatic carbocycles. The Balaban J connectivity index is 1.26. The number of aromatic nitrogens is 1. The number of anilines is 2. The van der Waals surface area contributed by atoms with Crippen LogP contribution in [-0.2, 0) is 15.7 Å². The number of methoxy groups -OCH3 is 1. The molecule has 2 aliphatic rings. The number of nitrogens with zero attached hydrogens (tertiary/aromatic N) is 4. The number of nitro benzene ring substituents is 1. The van der Waals surface area contributed by atoms with Crippen LogP contribution < -0.4 is 15.0 Å². The molecule has 1 unspecified atom stereocenters. The van der Waals surface area contributed by atoms with E-state index < -0.39 is 28.6 Å². The molecule has 1 aliphatic carbocycles. The predicted octanol–water partition coefficient (Wildman–Crippen LogP) is 4.10. The molecule has 1 aromatic heterocycles. The van der Waals surface area contributed by atoms with Crippen LogP contribution in [0.5, 0.6) is 5.88 Å². The number of halogens is 3. The number of ether oxygens (including phenoxy) is 2. The lowest BCUT2D eigenvalue weighted by atomic mass is 9.92. The topological polar surface area (TPSA) is 110 Å². The third-order valence-corrected chi connectivity index (χ3v) is 6.96. The number of hydrogen-bond acceptors (Lipinski definition) is 9. The molecule has 0 radical (unpaired) electrons. The summed E-state index contributed by atoms with van der Waals surface area (Å²) in [5.74, 6) is 0.547. The molecule has 2 aromatic rings. The van der Waals surface area contributed by atoms with Gasteiger partial charge in [0.2, 0.25) is 5.88 Å². The number of nitro groups is 1. The van der Waals surface area contributed by atoms with Crippen LogP contribution in [0.3, 0.4) is 0 Å². The van der Waals surface area contributed by atoms with E-state index >= 15 is 0 Å². The van der Waals surface area contributed by atoms with Crippen molar-refractivity contribution in [3.8, 4) is 5.88 Å². The standard InChI is InChI=1S/C25H30F3N5O5/c1-37-23-9-5-19(15-29-23)31-10-12-32(13-11-31)24(16-34)38-20-6-2-17(3-7-20)30-18-4-8-22(33(35)36)21(14-18)25(26,27)28/h4-5,8-9,14-17,20,24,30H,2-3,6-7,10-13H2,1H3. The van der Waals surface area contributed by atoms with Gasteiger partial charge in [-0.3, -0.25) is 19.8 Å². The Hall–Kier alpha value is -3.45. The largest absolute Gasteiger partial charge is 0.481 e. The van der Waals surface area contributed by atoms with E-state index in [1.807, 2.05) is 11.0 Å². The molecule has 38 heavy (non-hydrogen) atoms. The molecular formula is C25H30F3N5O5. The highest BCUT2D eigenvalue weighted by atomic mass is 19.4. The SMILES string of the molecule is COc1ccc(N2CCN(C(C=O)OC3CCC(Nc4ccc([N+](=O)[O-])c(C(F)(F)F)c4)CC3)CC2)cn1. The summed E-state index contributed by atoms with van der Waals surface area (Å²) >= 11 is 0. The van der Waals surface area contributed by atoms with Crippen LogP contribution in [0.25, 0.3) is 0 Å². The lowest BCUT2D eigenvalue weighted by Crippen LogP contribution is -2.52. The van der Waals surface area contributed by atoms with E-state index in [1.165, 1.54) is 6.07 Å². The van der Waals surface area contributed by atoms with Crippen LogP contribution in [0.15, 0.2) is 36.5 Å². The number of carbonyl (C=O) groups is 1. The average Bonchev–Trinajstić information content (AvgIpc) is 2.92. The number of aldehydes is 1. The zero-order valence-electron chi connectivity index (χ0n) is 20.9. The second-order valence-corrected chi connectivity index (χ2v) is 9.35. The predicted molar refractivity (Wildman–Crippen MR) is 133 cm³/mol. The van der Waals surface area contributed by atoms with Gasteiger partial charge in [-0.15, -0.1) is 0 Å². The van der Waals surface area contributed by atoms with Crippen LogP contribution in [0.2, 0.25) is 0 Å². The molecule has 2 heterocycles. The van der Waals surface area contributed by atoms with Crippen molar-refractivity contribution in [1.29, 1.82) is 0 Å². The second kappa shape index (κ2) is 11.9. The summed E-state index contributed by atoms with van der Waals surface area (Å²) in [6.45, 7) is 2.73. The molecule has 1 atom stereocenters. The molecule has 1 N–H and O–H groups in total. The van der Waals surface area contributed by atoms with Gasteiger partial charge in [-0.05, 0) is 43.9 Å². The number of carbonyl (C=O) groups excluding carboxylic acids is 1. The zero-order chi connectivity index (χ0) is 27.3. The van der Waals surface area contributed by atoms with E-state index in [0.717, 1.165) is 24.1 Å². The fourth-order valence-electron chi connectivity index (χ4n) is 4.91. The maximum atomic E-state index is 13.3. The summed E-state index contributed by atoms with van der Waals surface area (Å²) in [7, 11) is 1.56. The van der Waals surface area contributed by atoms with Gasteiger partial charge in [0.25, 0.3) is 5.69 Å². The van der Waals surface area contributed by atoms with E-state index in [2.05, 4.69) is 15.2 Å². The van der Waals surface area contributed by atoms with Crippen molar-refractivity contribution in [2.75, 3.05) is 43.5 Å². The first-order valence-electron chi connectivity index (χ1n) is 12.4. The lowest BCUT2D eigenvalue weighted by Gasteiger charge is -2.40. The Morgan fingerprint density at radius 1 is 1.13 bits per heavy atom. The van der Waals surface area contributed by atoms with Crippen molar-refractivity contribution in [2.24, 2.45) is 0 Å². The molecule has 0 spiro atoms. The minimum atomic E-state index is -4.83. The number of benzene rings is 1. The second-order valence-electron chi connectivity index (χ2n) is 9.35. The van der Waals surface area contributed by atoms with Gasteiger partial charge in [0.1, 0.15) is 5.56 Å². The van der Waals surface area contributed by atoms with Gasteiger partial charge in [-0.1, -0.05) is 0 Å². The number of nitrogens with one attached hydrogen (secondary N) is 1. The normalized spacial score (nSPS) is 21.5. The van der Waals surface area contributed by atoms with Gasteiger partial charge in [0.05, 0.1) is 30.0 Å². The molecular weight excluding hydrogens is 507 g/mol. The fraction of sp³-hybridized carbons (Fsp3) is 0.520. The summed E-state index contributed by atoms with van der Waals surface area (Å²) in [6, 6.07) is 6.60. The van der Waals surface area contributed by atoms with Crippen molar-refractivity contribution in [3.05, 3.63) is 52.2 Å². The number of rotatable bonds is 9. The van der Waals surface area contributed by atoms with E-state index in [9.17, 15) is 28.1 Å². The number of piperazine rings is 1. The van der Waals surface area contributed by atoms with E-state index in [4.69, 9.17) is 9.47 Å². The molecule has 2 fully saturated rings. The highest BCUT2D eigenvalue weighted by Gasteiger charge is 2.38. The van der Waals surface area contributed by atoms with Gasteiger partial charge < -0.3 is 19.7 Å². The zero-order valence-corrected chi connectivity index (χ0v) is 20.9. The smallest absolute Gasteiger partial charge is 0.423 e. The van der Waals surface area contributed by atoms with Crippen molar-refractivity contribution in [1.82, 2.24) is 9.88 Å². The molecule has 1 aliphatic heterocycles. The highest BCUT2D eigenvalue weighted by Crippen LogP contribution is 2.38. The first-order chi connectivity index (χ1) is 18.2. The maximum Gasteiger partial charge on any atom is 0.423 e. The van der Waals surface area contributed by atoms with E-state index in [0.29, 0.717) is 57.7 Å². The third kappa shape index (κ3) is 6.70. The van der Waals surface area contributed by atoms with Gasteiger partial charge in [-0.2, -0.15) is 13.2 Å². The quantitative estimate of drug-likeness (QED) is 0.287. The van der Waals surface area contributed by atoms with Crippen molar-refractivity contribution in [2.45, 2.75) is 50.2 Å². The van der Waals surface area contributed by atoms with E-state index in [1.54, 1.807) is 19.4 Å². The Morgan fingerprint density at radius 3 is 2.39 bits per heavy atom. The van der Waals surface area contributed by atoms with Gasteiger partial charge in [0, 0.05) is 50.0 Å². The molecule has 4 rings (SSSR count). The number of alkyl halides is 3. The van der Waals surface area contributed by atoms with Gasteiger partial charge >= 0.3 is 6.18 Å². The Kier molecular flexibility index (Phi) is 8.67. The van der Waals surface area contributed by atoms with Crippen LogP contribution in [0.4, 0.5) is 30.2 Å². The molecule has 10 nitrogen and oxygen atoms in total. The molecule has 0 amide bonds. The maximum absolute atomic E-state index is 13.3. The Morgan fingerprint density at radius 2 is 1.84 bits per heavy atom. The highest BCUT2D eigenvalue weighted by molar-refractivity contribution is 5.56.